The van der Waals surface area contributed by atoms with Crippen molar-refractivity contribution in [2.45, 2.75) is 56.8 Å². The van der Waals surface area contributed by atoms with E-state index in [1.165, 1.54) is 6.42 Å². The summed E-state index contributed by atoms with van der Waals surface area (Å²) in [6.45, 7) is 0.644. The molecular formula is C13H22N2O2. The van der Waals surface area contributed by atoms with E-state index in [1.807, 2.05) is 0 Å². The molecule has 1 aliphatic carbocycles. The summed E-state index contributed by atoms with van der Waals surface area (Å²) in [7, 11) is 0. The van der Waals surface area contributed by atoms with E-state index in [0.29, 0.717) is 18.6 Å². The Labute approximate surface area is 102 Å². The molecule has 4 nitrogen and oxygen atoms in total. The molecule has 17 heavy (non-hydrogen) atoms. The van der Waals surface area contributed by atoms with Crippen molar-refractivity contribution in [3.63, 3.8) is 0 Å². The number of fused-ring (bicyclic) bond motifs is 2. The van der Waals surface area contributed by atoms with E-state index in [0.717, 1.165) is 32.1 Å². The quantitative estimate of drug-likeness (QED) is 0.764. The van der Waals surface area contributed by atoms with Gasteiger partial charge in [0.05, 0.1) is 18.2 Å². The Kier molecular flexibility index (Phi) is 3.09. The highest BCUT2D eigenvalue weighted by atomic mass is 16.5. The van der Waals surface area contributed by atoms with E-state index in [2.05, 4.69) is 5.32 Å². The number of rotatable bonds is 3. The molecule has 5 unspecified atom stereocenters. The number of carbonyl (C=O) groups is 1. The van der Waals surface area contributed by atoms with Gasteiger partial charge in [-0.1, -0.05) is 6.42 Å². The molecule has 2 aliphatic heterocycles. The molecule has 2 saturated heterocycles. The maximum absolute atomic E-state index is 12.2. The second kappa shape index (κ2) is 4.58. The van der Waals surface area contributed by atoms with Crippen LogP contribution in [0.15, 0.2) is 0 Å². The summed E-state index contributed by atoms with van der Waals surface area (Å²) >= 11 is 0. The van der Waals surface area contributed by atoms with Gasteiger partial charge >= 0.3 is 0 Å². The highest BCUT2D eigenvalue weighted by Crippen LogP contribution is 2.36. The Balaban J connectivity index is 1.56. The average molecular weight is 238 g/mol. The van der Waals surface area contributed by atoms with E-state index in [9.17, 15) is 4.79 Å². The van der Waals surface area contributed by atoms with E-state index in [-0.39, 0.29) is 24.0 Å². The largest absolute Gasteiger partial charge is 0.373 e. The second-order valence-electron chi connectivity index (χ2n) is 5.76. The SMILES string of the molecule is NCC1CCCC1C(=O)NC1CC2CCC1O2. The van der Waals surface area contributed by atoms with Gasteiger partial charge in [-0.3, -0.25) is 4.79 Å². The summed E-state index contributed by atoms with van der Waals surface area (Å²) in [6, 6.07) is 0.264. The summed E-state index contributed by atoms with van der Waals surface area (Å²) in [5.41, 5.74) is 5.73. The Bertz CT molecular complexity index is 308. The van der Waals surface area contributed by atoms with Crippen molar-refractivity contribution in [1.82, 2.24) is 5.32 Å². The van der Waals surface area contributed by atoms with Crippen LogP contribution < -0.4 is 11.1 Å². The van der Waals surface area contributed by atoms with Crippen LogP contribution in [0.2, 0.25) is 0 Å². The van der Waals surface area contributed by atoms with Gasteiger partial charge in [-0.2, -0.15) is 0 Å². The summed E-state index contributed by atoms with van der Waals surface area (Å²) in [5.74, 6) is 0.771. The summed E-state index contributed by atoms with van der Waals surface area (Å²) in [5, 5.41) is 3.20. The Hall–Kier alpha value is -0.610. The first kappa shape index (κ1) is 11.5. The molecule has 3 rings (SSSR count). The summed E-state index contributed by atoms with van der Waals surface area (Å²) in [4.78, 5) is 12.2. The fraction of sp³-hybridized carbons (Fsp3) is 0.923. The number of amides is 1. The predicted molar refractivity (Wildman–Crippen MR) is 64.3 cm³/mol. The number of hydrogen-bond donors (Lipinski definition) is 2. The molecule has 5 atom stereocenters. The minimum Gasteiger partial charge on any atom is -0.373 e. The van der Waals surface area contributed by atoms with Gasteiger partial charge in [0.25, 0.3) is 0 Å². The van der Waals surface area contributed by atoms with Crippen molar-refractivity contribution in [2.75, 3.05) is 6.54 Å². The molecule has 0 aromatic heterocycles. The highest BCUT2D eigenvalue weighted by Gasteiger charge is 2.42. The number of carbonyl (C=O) groups excluding carboxylic acids is 1. The zero-order chi connectivity index (χ0) is 11.8. The van der Waals surface area contributed by atoms with Gasteiger partial charge in [0, 0.05) is 5.92 Å². The molecule has 2 heterocycles. The first-order valence-corrected chi connectivity index (χ1v) is 6.94. The average Bonchev–Trinajstić information content (AvgIpc) is 3.04. The molecule has 3 aliphatic rings. The summed E-state index contributed by atoms with van der Waals surface area (Å²) < 4.78 is 5.76. The van der Waals surface area contributed by atoms with Crippen LogP contribution in [0.5, 0.6) is 0 Å². The van der Waals surface area contributed by atoms with E-state index in [4.69, 9.17) is 10.5 Å². The Morgan fingerprint density at radius 1 is 1.29 bits per heavy atom. The molecule has 1 amide bonds. The van der Waals surface area contributed by atoms with E-state index >= 15 is 0 Å². The molecule has 4 heteroatoms. The van der Waals surface area contributed by atoms with Gasteiger partial charge in [-0.15, -0.1) is 0 Å². The van der Waals surface area contributed by atoms with Gasteiger partial charge in [-0.05, 0) is 44.6 Å². The van der Waals surface area contributed by atoms with Gasteiger partial charge in [0.15, 0.2) is 0 Å². The Morgan fingerprint density at radius 3 is 2.82 bits per heavy atom. The molecule has 0 aromatic carbocycles. The lowest BCUT2D eigenvalue weighted by Gasteiger charge is -2.24. The standard InChI is InChI=1S/C13H22N2O2/c14-7-8-2-1-3-10(8)13(16)15-11-6-9-4-5-12(11)17-9/h8-12H,1-7,14H2,(H,15,16). The van der Waals surface area contributed by atoms with Crippen LogP contribution in [0, 0.1) is 11.8 Å². The third-order valence-electron chi connectivity index (χ3n) is 4.73. The lowest BCUT2D eigenvalue weighted by atomic mass is 9.92. The van der Waals surface area contributed by atoms with Crippen molar-refractivity contribution >= 4 is 5.91 Å². The van der Waals surface area contributed by atoms with Crippen LogP contribution in [0.3, 0.4) is 0 Å². The maximum atomic E-state index is 12.2. The van der Waals surface area contributed by atoms with Gasteiger partial charge in [0.2, 0.25) is 5.91 Å². The van der Waals surface area contributed by atoms with E-state index < -0.39 is 0 Å². The van der Waals surface area contributed by atoms with Crippen molar-refractivity contribution < 1.29 is 9.53 Å². The molecule has 2 bridgehead atoms. The molecule has 0 aromatic rings. The minimum absolute atomic E-state index is 0.152. The normalized spacial score (nSPS) is 44.2. The highest BCUT2D eigenvalue weighted by molar-refractivity contribution is 5.79. The monoisotopic (exact) mass is 238 g/mol. The van der Waals surface area contributed by atoms with Crippen LogP contribution in [0.1, 0.15) is 38.5 Å². The first-order chi connectivity index (χ1) is 8.28. The van der Waals surface area contributed by atoms with E-state index in [1.54, 1.807) is 0 Å². The molecule has 0 spiro atoms. The Morgan fingerprint density at radius 2 is 2.18 bits per heavy atom. The predicted octanol–water partition coefficient (Wildman–Crippen LogP) is 0.798. The zero-order valence-electron chi connectivity index (χ0n) is 10.2. The molecule has 1 saturated carbocycles. The number of nitrogens with one attached hydrogen (secondary N) is 1. The van der Waals surface area contributed by atoms with Crippen LogP contribution in [0.25, 0.3) is 0 Å². The second-order valence-corrected chi connectivity index (χ2v) is 5.76. The van der Waals surface area contributed by atoms with Crippen LogP contribution in [0.4, 0.5) is 0 Å². The summed E-state index contributed by atoms with van der Waals surface area (Å²) in [6.07, 6.45) is 7.24. The van der Waals surface area contributed by atoms with Crippen molar-refractivity contribution in [2.24, 2.45) is 17.6 Å². The third kappa shape index (κ3) is 2.08. The lowest BCUT2D eigenvalue weighted by molar-refractivity contribution is -0.127. The third-order valence-corrected chi connectivity index (χ3v) is 4.73. The zero-order valence-corrected chi connectivity index (χ0v) is 10.2. The molecule has 96 valence electrons. The molecule has 3 fully saturated rings. The number of ether oxygens (including phenoxy) is 1. The lowest BCUT2D eigenvalue weighted by Crippen LogP contribution is -2.45. The maximum Gasteiger partial charge on any atom is 0.223 e. The van der Waals surface area contributed by atoms with Gasteiger partial charge in [0.1, 0.15) is 0 Å². The van der Waals surface area contributed by atoms with Crippen molar-refractivity contribution in [3.05, 3.63) is 0 Å². The van der Waals surface area contributed by atoms with Gasteiger partial charge < -0.3 is 15.8 Å². The fourth-order valence-electron chi connectivity index (χ4n) is 3.74. The number of nitrogens with two attached hydrogens (primary N) is 1. The fourth-order valence-corrected chi connectivity index (χ4v) is 3.74. The molecule has 0 radical (unpaired) electrons. The molecular weight excluding hydrogens is 216 g/mol. The van der Waals surface area contributed by atoms with Crippen LogP contribution >= 0.6 is 0 Å². The smallest absolute Gasteiger partial charge is 0.223 e. The van der Waals surface area contributed by atoms with Crippen molar-refractivity contribution in [1.29, 1.82) is 0 Å². The minimum atomic E-state index is 0.152. The van der Waals surface area contributed by atoms with Crippen LogP contribution in [-0.2, 0) is 9.53 Å². The molecule has 3 N–H and O–H groups in total. The topological polar surface area (TPSA) is 64.4 Å². The first-order valence-electron chi connectivity index (χ1n) is 6.94. The van der Waals surface area contributed by atoms with Gasteiger partial charge in [-0.25, -0.2) is 0 Å². The van der Waals surface area contributed by atoms with Crippen molar-refractivity contribution in [3.8, 4) is 0 Å². The van der Waals surface area contributed by atoms with Crippen LogP contribution in [-0.4, -0.2) is 30.7 Å². The number of hydrogen-bond acceptors (Lipinski definition) is 3.